The van der Waals surface area contributed by atoms with Gasteiger partial charge < -0.3 is 15.4 Å². The summed E-state index contributed by atoms with van der Waals surface area (Å²) in [4.78, 5) is 21.2. The van der Waals surface area contributed by atoms with E-state index >= 15 is 0 Å². The zero-order valence-corrected chi connectivity index (χ0v) is 17.2. The van der Waals surface area contributed by atoms with Crippen LogP contribution in [0.3, 0.4) is 0 Å². The van der Waals surface area contributed by atoms with Crippen molar-refractivity contribution in [2.45, 2.75) is 13.3 Å². The van der Waals surface area contributed by atoms with E-state index in [1.165, 1.54) is 6.07 Å². The highest BCUT2D eigenvalue weighted by atomic mass is 19.1. The lowest BCUT2D eigenvalue weighted by molar-refractivity contribution is -0.115. The Hall–Kier alpha value is -3.94. The van der Waals surface area contributed by atoms with Gasteiger partial charge in [0.05, 0.1) is 13.3 Å². The molecule has 4 aromatic rings. The van der Waals surface area contributed by atoms with Crippen molar-refractivity contribution in [3.63, 3.8) is 0 Å². The summed E-state index contributed by atoms with van der Waals surface area (Å²) in [5.41, 5.74) is 3.27. The van der Waals surface area contributed by atoms with Crippen molar-refractivity contribution < 1.29 is 13.9 Å². The van der Waals surface area contributed by atoms with Crippen LogP contribution in [0.2, 0.25) is 0 Å². The third-order valence-electron chi connectivity index (χ3n) is 4.88. The molecular formula is C23H22FN5O2. The number of methoxy groups -OCH3 is 1. The highest BCUT2D eigenvalue weighted by Gasteiger charge is 2.17. The lowest BCUT2D eigenvalue weighted by Gasteiger charge is -2.11. The molecule has 0 unspecified atom stereocenters. The molecule has 7 nitrogen and oxygen atoms in total. The lowest BCUT2D eigenvalue weighted by Crippen LogP contribution is -2.17. The number of hydrogen-bond donors (Lipinski definition) is 2. The Kier molecular flexibility index (Phi) is 5.79. The van der Waals surface area contributed by atoms with Gasteiger partial charge in [-0.25, -0.2) is 9.37 Å². The third kappa shape index (κ3) is 4.32. The number of benzene rings is 2. The largest absolute Gasteiger partial charge is 0.496 e. The van der Waals surface area contributed by atoms with E-state index in [0.29, 0.717) is 34.9 Å². The standard InChI is InChI=1S/C23H22FN5O2/c1-15-13-16(7-8-18(15)24)27-21(30)9-10-26-23-22(17-5-3-4-6-19(17)31-2)28-20-14-25-11-12-29(20)23/h3-8,11-14,26H,9-10H2,1-2H3,(H,27,30). The fourth-order valence-corrected chi connectivity index (χ4v) is 3.34. The summed E-state index contributed by atoms with van der Waals surface area (Å²) in [7, 11) is 1.62. The number of aromatic nitrogens is 3. The molecule has 0 fully saturated rings. The number of amides is 1. The van der Waals surface area contributed by atoms with Gasteiger partial charge in [0, 0.05) is 36.6 Å². The maximum Gasteiger partial charge on any atom is 0.226 e. The molecule has 31 heavy (non-hydrogen) atoms. The second-order valence-electron chi connectivity index (χ2n) is 7.00. The van der Waals surface area contributed by atoms with Crippen LogP contribution < -0.4 is 15.4 Å². The van der Waals surface area contributed by atoms with E-state index in [2.05, 4.69) is 15.6 Å². The van der Waals surface area contributed by atoms with Crippen LogP contribution in [0.1, 0.15) is 12.0 Å². The van der Waals surface area contributed by atoms with Gasteiger partial charge in [0.15, 0.2) is 5.65 Å². The summed E-state index contributed by atoms with van der Waals surface area (Å²) < 4.78 is 20.8. The Labute approximate surface area is 178 Å². The number of anilines is 2. The number of hydrogen-bond acceptors (Lipinski definition) is 5. The number of halogens is 1. The molecule has 0 spiro atoms. The predicted molar refractivity (Wildman–Crippen MR) is 118 cm³/mol. The van der Waals surface area contributed by atoms with Crippen LogP contribution in [0.15, 0.2) is 61.1 Å². The molecule has 2 heterocycles. The van der Waals surface area contributed by atoms with Crippen LogP contribution in [-0.4, -0.2) is 33.9 Å². The number of rotatable bonds is 7. The molecule has 8 heteroatoms. The van der Waals surface area contributed by atoms with Crippen molar-refractivity contribution in [3.8, 4) is 17.0 Å². The smallest absolute Gasteiger partial charge is 0.226 e. The summed E-state index contributed by atoms with van der Waals surface area (Å²) in [6.07, 6.45) is 5.38. The molecule has 0 saturated heterocycles. The fourth-order valence-electron chi connectivity index (χ4n) is 3.34. The molecule has 2 N–H and O–H groups in total. The first-order chi connectivity index (χ1) is 15.1. The van der Waals surface area contributed by atoms with E-state index in [4.69, 9.17) is 9.72 Å². The highest BCUT2D eigenvalue weighted by molar-refractivity contribution is 5.91. The molecule has 0 aliphatic rings. The van der Waals surface area contributed by atoms with Gasteiger partial charge in [0.25, 0.3) is 0 Å². The van der Waals surface area contributed by atoms with Gasteiger partial charge in [-0.1, -0.05) is 12.1 Å². The number of imidazole rings is 1. The van der Waals surface area contributed by atoms with Crippen LogP contribution >= 0.6 is 0 Å². The number of nitrogens with one attached hydrogen (secondary N) is 2. The van der Waals surface area contributed by atoms with Crippen LogP contribution in [0.5, 0.6) is 5.75 Å². The molecule has 1 amide bonds. The summed E-state index contributed by atoms with van der Waals surface area (Å²) >= 11 is 0. The lowest BCUT2D eigenvalue weighted by atomic mass is 10.1. The summed E-state index contributed by atoms with van der Waals surface area (Å²) in [5.74, 6) is 0.970. The third-order valence-corrected chi connectivity index (χ3v) is 4.88. The Morgan fingerprint density at radius 3 is 2.87 bits per heavy atom. The maximum absolute atomic E-state index is 13.4. The van der Waals surface area contributed by atoms with Gasteiger partial charge in [0.1, 0.15) is 23.1 Å². The molecule has 4 rings (SSSR count). The van der Waals surface area contributed by atoms with Gasteiger partial charge in [-0.05, 0) is 42.8 Å². The van der Waals surface area contributed by atoms with Crippen molar-refractivity contribution in [2.24, 2.45) is 0 Å². The van der Waals surface area contributed by atoms with Crippen molar-refractivity contribution >= 4 is 23.1 Å². The van der Waals surface area contributed by atoms with Gasteiger partial charge in [-0.15, -0.1) is 0 Å². The second kappa shape index (κ2) is 8.83. The maximum atomic E-state index is 13.4. The van der Waals surface area contributed by atoms with E-state index in [1.807, 2.05) is 34.9 Å². The number of para-hydroxylation sites is 1. The van der Waals surface area contributed by atoms with Crippen molar-refractivity contribution in [1.29, 1.82) is 0 Å². The van der Waals surface area contributed by atoms with Gasteiger partial charge in [-0.3, -0.25) is 14.2 Å². The average molecular weight is 419 g/mol. The highest BCUT2D eigenvalue weighted by Crippen LogP contribution is 2.34. The number of aryl methyl sites for hydroxylation is 1. The molecule has 0 atom stereocenters. The minimum atomic E-state index is -0.300. The van der Waals surface area contributed by atoms with E-state index in [1.54, 1.807) is 38.6 Å². The van der Waals surface area contributed by atoms with E-state index in [-0.39, 0.29) is 18.1 Å². The zero-order valence-electron chi connectivity index (χ0n) is 17.2. The molecule has 2 aromatic carbocycles. The van der Waals surface area contributed by atoms with Gasteiger partial charge in [-0.2, -0.15) is 0 Å². The first kappa shape index (κ1) is 20.3. The number of ether oxygens (including phenoxy) is 1. The van der Waals surface area contributed by atoms with Gasteiger partial charge in [0.2, 0.25) is 5.91 Å². The second-order valence-corrected chi connectivity index (χ2v) is 7.00. The first-order valence-electron chi connectivity index (χ1n) is 9.82. The van der Waals surface area contributed by atoms with Gasteiger partial charge >= 0.3 is 0 Å². The number of carbonyl (C=O) groups is 1. The van der Waals surface area contributed by atoms with E-state index in [9.17, 15) is 9.18 Å². The van der Waals surface area contributed by atoms with Crippen molar-refractivity contribution in [3.05, 3.63) is 72.4 Å². The Morgan fingerprint density at radius 1 is 1.23 bits per heavy atom. The molecule has 0 aliphatic carbocycles. The monoisotopic (exact) mass is 419 g/mol. The number of fused-ring (bicyclic) bond motifs is 1. The number of carbonyl (C=O) groups excluding carboxylic acids is 1. The van der Waals surface area contributed by atoms with Crippen molar-refractivity contribution in [1.82, 2.24) is 14.4 Å². The Bertz CT molecular complexity index is 1240. The van der Waals surface area contributed by atoms with Crippen molar-refractivity contribution in [2.75, 3.05) is 24.3 Å². The molecule has 158 valence electrons. The van der Waals surface area contributed by atoms with Crippen LogP contribution in [0.25, 0.3) is 16.9 Å². The van der Waals surface area contributed by atoms with E-state index in [0.717, 1.165) is 11.4 Å². The van der Waals surface area contributed by atoms with Crippen LogP contribution in [-0.2, 0) is 4.79 Å². The minimum absolute atomic E-state index is 0.173. The molecular weight excluding hydrogens is 397 g/mol. The van der Waals surface area contributed by atoms with Crippen LogP contribution in [0, 0.1) is 12.7 Å². The average Bonchev–Trinajstić information content (AvgIpc) is 3.15. The zero-order chi connectivity index (χ0) is 21.8. The fraction of sp³-hybridized carbons (Fsp3) is 0.174. The minimum Gasteiger partial charge on any atom is -0.496 e. The summed E-state index contributed by atoms with van der Waals surface area (Å²) in [5, 5.41) is 6.11. The molecule has 2 aromatic heterocycles. The predicted octanol–water partition coefficient (Wildman–Crippen LogP) is 4.29. The van der Waals surface area contributed by atoms with Crippen LogP contribution in [0.4, 0.5) is 15.9 Å². The number of nitrogens with zero attached hydrogens (tertiary/aromatic N) is 3. The topological polar surface area (TPSA) is 80.6 Å². The van der Waals surface area contributed by atoms with E-state index < -0.39 is 0 Å². The SMILES string of the molecule is COc1ccccc1-c1nc2cnccn2c1NCCC(=O)Nc1ccc(F)c(C)c1. The Balaban J connectivity index is 1.53. The normalized spacial score (nSPS) is 10.8. The molecule has 0 saturated carbocycles. The molecule has 0 aliphatic heterocycles. The molecule has 0 radical (unpaired) electrons. The first-order valence-corrected chi connectivity index (χ1v) is 9.82. The summed E-state index contributed by atoms with van der Waals surface area (Å²) in [6, 6.07) is 12.1. The Morgan fingerprint density at radius 2 is 2.06 bits per heavy atom. The summed E-state index contributed by atoms with van der Waals surface area (Å²) in [6.45, 7) is 2.04. The molecule has 0 bridgehead atoms. The quantitative estimate of drug-likeness (QED) is 0.467.